The summed E-state index contributed by atoms with van der Waals surface area (Å²) in [5.41, 5.74) is 5.39. The Balaban J connectivity index is 5.83. The Morgan fingerprint density at radius 2 is 0.579 bits per heavy atom. The van der Waals surface area contributed by atoms with Crippen molar-refractivity contribution in [1.29, 1.82) is 0 Å². The van der Waals surface area contributed by atoms with Crippen LogP contribution in [0.5, 0.6) is 0 Å². The molecule has 396 valence electrons. The molecule has 0 aliphatic heterocycles. The van der Waals surface area contributed by atoms with Crippen LogP contribution >= 0.6 is 0 Å². The number of hydrogen-bond donors (Lipinski definition) is 1. The van der Waals surface area contributed by atoms with Crippen molar-refractivity contribution in [3.8, 4) is 0 Å². The molecule has 2 N–H and O–H groups in total. The highest BCUT2D eigenvalue weighted by Crippen LogP contribution is 2.14. The van der Waals surface area contributed by atoms with Crippen LogP contribution in [0.4, 0.5) is 0 Å². The van der Waals surface area contributed by atoms with E-state index in [1.807, 2.05) is 0 Å². The van der Waals surface area contributed by atoms with E-state index < -0.39 is 261 Å². The molecular weight excluding hydrogens is 1580 g/mol. The Bertz CT molecular complexity index is 2980. The van der Waals surface area contributed by atoms with Crippen LogP contribution in [-0.2, 0) is 151 Å². The zero-order valence-corrected chi connectivity index (χ0v) is 71.1. The van der Waals surface area contributed by atoms with Gasteiger partial charge in [-0.3, -0.25) is 0 Å². The molecule has 68 heteroatoms. The Morgan fingerprint density at radius 1 is 0.342 bits per heavy atom. The van der Waals surface area contributed by atoms with Gasteiger partial charge in [0, 0.05) is 20.3 Å². The zero-order valence-electron chi connectivity index (χ0n) is 38.1. The Kier molecular flexibility index (Phi) is 35.5. The summed E-state index contributed by atoms with van der Waals surface area (Å²) < 4.78 is 394. The van der Waals surface area contributed by atoms with Crippen LogP contribution < -0.4 is 5.73 Å². The van der Waals surface area contributed by atoms with Crippen LogP contribution in [0.3, 0.4) is 0 Å². The third-order valence-corrected chi connectivity index (χ3v) is 235. The molecule has 0 fully saturated rings. The van der Waals surface area contributed by atoms with Gasteiger partial charge in [-0.05, 0) is 32.6 Å². The van der Waals surface area contributed by atoms with Crippen molar-refractivity contribution in [1.82, 2.24) is 0 Å². The van der Waals surface area contributed by atoms with Crippen molar-refractivity contribution >= 4 is 261 Å². The van der Waals surface area contributed by atoms with Crippen molar-refractivity contribution in [2.75, 3.05) is 20.8 Å². The Hall–Kier alpha value is 0.797. The molecule has 0 amide bonds. The summed E-state index contributed by atoms with van der Waals surface area (Å²) in [4.78, 5) is 0. The monoisotopic (exact) mass is 1600 g/mol. The number of nitrogens with two attached hydrogens (primary N) is 1. The number of hydrogen-bond acceptors (Lipinski definition) is 35. The minimum absolute atomic E-state index is 0.102. The van der Waals surface area contributed by atoms with Gasteiger partial charge in [0.25, 0.3) is 9.28 Å². The van der Waals surface area contributed by atoms with Gasteiger partial charge in [-0.2, -0.15) is 0 Å². The Labute approximate surface area is 465 Å². The van der Waals surface area contributed by atoms with Crippen LogP contribution in [0.15, 0.2) is 0 Å². The Morgan fingerprint density at radius 3 is 0.803 bits per heavy atom. The van der Waals surface area contributed by atoms with Crippen LogP contribution in [0.2, 0.25) is 25.7 Å². The van der Waals surface area contributed by atoms with Crippen LogP contribution in [0.25, 0.3) is 0 Å². The van der Waals surface area contributed by atoms with Crippen molar-refractivity contribution in [3.05, 3.63) is 0 Å². The first-order valence-corrected chi connectivity index (χ1v) is 95.7. The predicted molar refractivity (Wildman–Crippen MR) is 263 cm³/mol. The lowest BCUT2D eigenvalue weighted by atomic mass is 10.5. The number of rotatable bonds is 40. The van der Waals surface area contributed by atoms with E-state index in [1.54, 1.807) is 0 Å². The van der Waals surface area contributed by atoms with Gasteiger partial charge in [-0.25, -0.2) is 0 Å². The molecule has 0 aromatic heterocycles. The van der Waals surface area contributed by atoms with Crippen molar-refractivity contribution in [3.63, 3.8) is 0 Å². The summed E-state index contributed by atoms with van der Waals surface area (Å²) in [5, 5.41) is 0. The van der Waals surface area contributed by atoms with E-state index in [2.05, 4.69) is 4.43 Å². The summed E-state index contributed by atoms with van der Waals surface area (Å²) in [6.07, 6.45) is 0.279. The van der Waals surface area contributed by atoms with Crippen molar-refractivity contribution in [2.24, 2.45) is 5.73 Å². The van der Waals surface area contributed by atoms with Crippen LogP contribution in [0.1, 0.15) is 6.42 Å². The molecule has 0 rings (SSSR count). The minimum atomic E-state index is -4.72. The van der Waals surface area contributed by atoms with E-state index in [0.29, 0.717) is 0 Å². The third kappa shape index (κ3) is 22.1. The highest BCUT2D eigenvalue weighted by Gasteiger charge is 2.58. The van der Waals surface area contributed by atoms with Crippen molar-refractivity contribution in [2.45, 2.75) is 32.1 Å². The molecule has 4 radical (unpaired) electrons. The second-order valence-electron chi connectivity index (χ2n) is 13.8. The van der Waals surface area contributed by atoms with E-state index in [1.165, 1.54) is 26.8 Å². The fraction of sp³-hybridized carbons (Fsp3) is 1.00. The fourth-order valence-corrected chi connectivity index (χ4v) is 336. The van der Waals surface area contributed by atoms with Crippen LogP contribution in [0, 0.1) is 0 Å². The molecule has 0 spiro atoms. The van der Waals surface area contributed by atoms with Gasteiger partial charge >= 0.3 is 252 Å². The van der Waals surface area contributed by atoms with Gasteiger partial charge < -0.3 is 156 Å². The standard InChI is InChI=1S/C8H23NO34Si33/c1-39-44-46(10)42-75(3,4)41-45-48(12)50(14)52(16)54(18)56(20)58(22)60(24)62(26)64(28)66(30)68(32)70(34)72(36)74(38)73(37)71(35)69(33)67(31)65(29)63(27)61(25)59(23)57(21)55(19)53(17)51(15)49(13)47(11)43-76(5,40-2)8-6-7-9/h6-9H2,1-5H3. The maximum atomic E-state index is 12.8. The summed E-state index contributed by atoms with van der Waals surface area (Å²) in [6.45, 7) is 4.14. The maximum Gasteiger partial charge on any atom is 0.533 e. The molecule has 0 aliphatic rings. The first kappa shape index (κ1) is 76.8. The summed E-state index contributed by atoms with van der Waals surface area (Å²) >= 11 is 0. The van der Waals surface area contributed by atoms with Gasteiger partial charge in [0.2, 0.25) is 0 Å². The molecule has 1 unspecified atom stereocenters. The zero-order chi connectivity index (χ0) is 59.8. The summed E-state index contributed by atoms with van der Waals surface area (Å²) in [5.74, 6) is 0. The lowest BCUT2D eigenvalue weighted by molar-refractivity contribution is 0.297. The SMILES string of the molecule is CO[Si][Si](=O)O[Si](C)(C)O[Si][Si](=O)[Si](=O)[Si](=O)[Si](=O)[Si](=O)[Si](=O)[Si](=O)[Si](=O)[Si](=O)[Si](=O)[Si](=O)[Si](=O)[Si](=O)[Si](=O)[Si](=O)[Si](=O)[Si](=O)[Si](=O)[Si](=O)[Si](=O)[Si](=O)[Si](=O)[Si](=O)[Si](=O)[Si](=O)[Si](=O)[Si](=O)[Si](=O)O[Si](C)(CCCN)OC. The van der Waals surface area contributed by atoms with E-state index in [0.717, 1.165) is 7.11 Å². The van der Waals surface area contributed by atoms with Gasteiger partial charge in [-0.15, -0.1) is 0 Å². The van der Waals surface area contributed by atoms with E-state index in [9.17, 15) is 129 Å². The maximum absolute atomic E-state index is 12.8. The minimum Gasteiger partial charge on any atom is -0.561 e. The average Bonchev–Trinajstić information content (AvgIpc) is 3.39. The fourth-order valence-electron chi connectivity index (χ4n) is 4.09. The summed E-state index contributed by atoms with van der Waals surface area (Å²) in [6, 6.07) is 0.102. The molecule has 1 atom stereocenters. The largest absolute Gasteiger partial charge is 0.561 e. The first-order valence-electron chi connectivity index (χ1n) is 18.9. The molecule has 0 aromatic carbocycles. The molecule has 0 saturated carbocycles. The van der Waals surface area contributed by atoms with E-state index in [-0.39, 0.29) is 19.0 Å². The topological polar surface area (TPSA) is 567 Å². The molecule has 0 saturated heterocycles. The lowest BCUT2D eigenvalue weighted by Crippen LogP contribution is -2.57. The van der Waals surface area contributed by atoms with Gasteiger partial charge in [0.15, 0.2) is 0 Å². The molecule has 0 heterocycles. The van der Waals surface area contributed by atoms with E-state index in [4.69, 9.17) is 22.5 Å². The highest BCUT2D eigenvalue weighted by molar-refractivity contribution is 7.84. The van der Waals surface area contributed by atoms with Gasteiger partial charge in [0.05, 0.1) is 0 Å². The lowest BCUT2D eigenvalue weighted by Gasteiger charge is -2.24. The smallest absolute Gasteiger partial charge is 0.533 e. The van der Waals surface area contributed by atoms with Gasteiger partial charge in [-0.1, -0.05) is 0 Å². The molecular formula is C8H23NO34Si33. The second-order valence-corrected chi connectivity index (χ2v) is 160. The molecule has 0 bridgehead atoms. The van der Waals surface area contributed by atoms with E-state index >= 15 is 0 Å². The summed E-state index contributed by atoms with van der Waals surface area (Å²) in [7, 11) is -134. The molecule has 0 aliphatic carbocycles. The predicted octanol–water partition coefficient (Wildman–Crippen LogP) is -14.0. The van der Waals surface area contributed by atoms with Crippen LogP contribution in [-0.4, -0.2) is 282 Å². The quantitative estimate of drug-likeness (QED) is 0.0557. The second kappa shape index (κ2) is 35.2. The van der Waals surface area contributed by atoms with Gasteiger partial charge in [0.1, 0.15) is 0 Å². The molecule has 0 aromatic rings. The van der Waals surface area contributed by atoms with Crippen molar-refractivity contribution < 1.29 is 151 Å². The molecule has 35 nitrogen and oxygen atoms in total. The highest BCUT2D eigenvalue weighted by atomic mass is 30.1. The first-order chi connectivity index (χ1) is 34.8. The normalized spacial score (nSPS) is 11.2. The molecule has 76 heavy (non-hydrogen) atoms. The average molecular weight is 1600 g/mol. The third-order valence-electron chi connectivity index (χ3n) is 8.04.